The summed E-state index contributed by atoms with van der Waals surface area (Å²) in [5, 5.41) is 2.55. The lowest BCUT2D eigenvalue weighted by Gasteiger charge is -2.35. The van der Waals surface area contributed by atoms with Crippen LogP contribution in [0.2, 0.25) is 0 Å². The molecule has 0 radical (unpaired) electrons. The third-order valence-electron chi connectivity index (χ3n) is 6.53. The van der Waals surface area contributed by atoms with E-state index in [4.69, 9.17) is 9.47 Å². The predicted molar refractivity (Wildman–Crippen MR) is 133 cm³/mol. The third kappa shape index (κ3) is 6.23. The summed E-state index contributed by atoms with van der Waals surface area (Å²) in [6.07, 6.45) is 6.56. The summed E-state index contributed by atoms with van der Waals surface area (Å²) in [6.45, 7) is 8.43. The maximum absolute atomic E-state index is 13.3. The van der Waals surface area contributed by atoms with E-state index in [9.17, 15) is 9.59 Å². The number of hydrogen-bond acceptors (Lipinski definition) is 7. The highest BCUT2D eigenvalue weighted by atomic mass is 32.1. The van der Waals surface area contributed by atoms with Crippen molar-refractivity contribution in [3.05, 3.63) is 47.0 Å². The zero-order chi connectivity index (χ0) is 24.1. The van der Waals surface area contributed by atoms with Crippen LogP contribution in [-0.2, 0) is 20.8 Å². The first-order valence-electron chi connectivity index (χ1n) is 12.3. The fourth-order valence-corrected chi connectivity index (χ4v) is 5.72. The molecular weight excluding hydrogens is 450 g/mol. The number of anilines is 1. The molecule has 0 N–H and O–H groups in total. The maximum atomic E-state index is 13.3. The van der Waals surface area contributed by atoms with Crippen LogP contribution in [0, 0.1) is 0 Å². The van der Waals surface area contributed by atoms with Gasteiger partial charge in [0.15, 0.2) is 11.2 Å². The lowest BCUT2D eigenvalue weighted by molar-refractivity contribution is -0.127. The number of ether oxygens (including phenoxy) is 2. The Balaban J connectivity index is 1.37. The maximum Gasteiger partial charge on any atom is 0.338 e. The first-order chi connectivity index (χ1) is 16.4. The van der Waals surface area contributed by atoms with Gasteiger partial charge in [0.1, 0.15) is 0 Å². The molecule has 0 bridgehead atoms. The summed E-state index contributed by atoms with van der Waals surface area (Å²) in [5.74, 6) is -0.689. The second-order valence-electron chi connectivity index (χ2n) is 9.51. The normalized spacial score (nSPS) is 22.8. The molecule has 1 saturated carbocycles. The molecule has 3 unspecified atom stereocenters. The van der Waals surface area contributed by atoms with Gasteiger partial charge in [0.05, 0.1) is 17.8 Å². The lowest BCUT2D eigenvalue weighted by atomic mass is 9.94. The van der Waals surface area contributed by atoms with Crippen LogP contribution >= 0.6 is 11.3 Å². The van der Waals surface area contributed by atoms with Crippen molar-refractivity contribution in [3.8, 4) is 0 Å². The molecule has 34 heavy (non-hydrogen) atoms. The van der Waals surface area contributed by atoms with Crippen LogP contribution in [-0.4, -0.2) is 59.2 Å². The molecule has 2 fully saturated rings. The minimum absolute atomic E-state index is 0.110. The Morgan fingerprint density at radius 1 is 1.15 bits per heavy atom. The van der Waals surface area contributed by atoms with E-state index >= 15 is 0 Å². The number of thiazole rings is 1. The van der Waals surface area contributed by atoms with Gasteiger partial charge in [-0.1, -0.05) is 31.4 Å². The van der Waals surface area contributed by atoms with Crippen LogP contribution in [0.5, 0.6) is 0 Å². The van der Waals surface area contributed by atoms with Crippen LogP contribution in [0.3, 0.4) is 0 Å². The molecular formula is C26H35N3O4S. The fourth-order valence-electron chi connectivity index (χ4n) is 5.00. The first-order valence-corrected chi connectivity index (χ1v) is 13.2. The summed E-state index contributed by atoms with van der Waals surface area (Å²) >= 11 is 1.44. The van der Waals surface area contributed by atoms with Crippen LogP contribution in [0.4, 0.5) is 5.13 Å². The number of carbonyl (C=O) groups excluding carboxylic acids is 2. The number of carbonyl (C=O) groups is 2. The van der Waals surface area contributed by atoms with Gasteiger partial charge in [-0.15, -0.1) is 11.3 Å². The third-order valence-corrected chi connectivity index (χ3v) is 7.30. The smallest absolute Gasteiger partial charge is 0.338 e. The molecule has 184 valence electrons. The summed E-state index contributed by atoms with van der Waals surface area (Å²) in [5.41, 5.74) is 1.58. The van der Waals surface area contributed by atoms with Crippen LogP contribution < -0.4 is 4.90 Å². The topological polar surface area (TPSA) is 72.0 Å². The highest BCUT2D eigenvalue weighted by Crippen LogP contribution is 2.30. The molecule has 2 aromatic rings. The average molecular weight is 486 g/mol. The quantitative estimate of drug-likeness (QED) is 0.531. The van der Waals surface area contributed by atoms with Crippen LogP contribution in [0.25, 0.3) is 0 Å². The monoisotopic (exact) mass is 485 g/mol. The van der Waals surface area contributed by atoms with Gasteiger partial charge in [0.25, 0.3) is 5.91 Å². The number of morpholine rings is 1. The van der Waals surface area contributed by atoms with E-state index in [1.165, 1.54) is 17.8 Å². The van der Waals surface area contributed by atoms with Gasteiger partial charge in [-0.3, -0.25) is 14.6 Å². The fraction of sp³-hybridized carbons (Fsp3) is 0.577. The van der Waals surface area contributed by atoms with E-state index in [1.807, 2.05) is 17.5 Å². The second kappa shape index (κ2) is 11.4. The van der Waals surface area contributed by atoms with Crippen molar-refractivity contribution in [2.45, 2.75) is 83.8 Å². The van der Waals surface area contributed by atoms with Gasteiger partial charge >= 0.3 is 5.97 Å². The summed E-state index contributed by atoms with van der Waals surface area (Å²) in [6, 6.07) is 7.58. The Labute approximate surface area is 206 Å². The van der Waals surface area contributed by atoms with Gasteiger partial charge in [-0.25, -0.2) is 9.78 Å². The van der Waals surface area contributed by atoms with Crippen molar-refractivity contribution in [2.24, 2.45) is 0 Å². The molecule has 1 aliphatic carbocycles. The SMILES string of the molecule is CC1CN(Cc2ccc(C(=O)OC(C)C(=O)N(c3nccs3)C3CCCCC3)cc2)CC(C)O1. The molecule has 2 heterocycles. The van der Waals surface area contributed by atoms with E-state index in [2.05, 4.69) is 23.7 Å². The van der Waals surface area contributed by atoms with Gasteiger partial charge < -0.3 is 9.47 Å². The standard InChI is InChI=1S/C26H35N3O4S/c1-18-15-28(16-19(2)32-18)17-21-9-11-22(12-10-21)25(31)33-20(3)24(30)29(26-27-13-14-34-26)23-7-5-4-6-8-23/h9-14,18-20,23H,4-8,15-17H2,1-3H3. The number of hydrogen-bond donors (Lipinski definition) is 0. The van der Waals surface area contributed by atoms with E-state index in [-0.39, 0.29) is 24.2 Å². The highest BCUT2D eigenvalue weighted by molar-refractivity contribution is 7.13. The Bertz CT molecular complexity index is 933. The van der Waals surface area contributed by atoms with Crippen molar-refractivity contribution in [3.63, 3.8) is 0 Å². The van der Waals surface area contributed by atoms with E-state index in [0.29, 0.717) is 10.7 Å². The lowest BCUT2D eigenvalue weighted by Crippen LogP contribution is -2.47. The molecule has 4 rings (SSSR count). The first kappa shape index (κ1) is 24.8. The van der Waals surface area contributed by atoms with Crippen molar-refractivity contribution in [1.29, 1.82) is 0 Å². The molecule has 2 aliphatic rings. The summed E-state index contributed by atoms with van der Waals surface area (Å²) in [4.78, 5) is 34.6. The molecule has 8 heteroatoms. The van der Waals surface area contributed by atoms with Crippen molar-refractivity contribution in [1.82, 2.24) is 9.88 Å². The van der Waals surface area contributed by atoms with Crippen molar-refractivity contribution in [2.75, 3.05) is 18.0 Å². The highest BCUT2D eigenvalue weighted by Gasteiger charge is 2.33. The molecule has 1 aromatic carbocycles. The van der Waals surface area contributed by atoms with E-state index in [0.717, 1.165) is 50.9 Å². The summed E-state index contributed by atoms with van der Waals surface area (Å²) in [7, 11) is 0. The van der Waals surface area contributed by atoms with Crippen LogP contribution in [0.1, 0.15) is 68.8 Å². The van der Waals surface area contributed by atoms with Gasteiger partial charge in [-0.2, -0.15) is 0 Å². The predicted octanol–water partition coefficient (Wildman–Crippen LogP) is 4.66. The number of benzene rings is 1. The summed E-state index contributed by atoms with van der Waals surface area (Å²) < 4.78 is 11.4. The van der Waals surface area contributed by atoms with Gasteiger partial charge in [0, 0.05) is 37.3 Å². The Morgan fingerprint density at radius 3 is 2.44 bits per heavy atom. The molecule has 1 aromatic heterocycles. The van der Waals surface area contributed by atoms with E-state index in [1.54, 1.807) is 30.2 Å². The Kier molecular flexibility index (Phi) is 8.34. The zero-order valence-electron chi connectivity index (χ0n) is 20.3. The van der Waals surface area contributed by atoms with Crippen molar-refractivity contribution < 1.29 is 19.1 Å². The van der Waals surface area contributed by atoms with E-state index < -0.39 is 12.1 Å². The average Bonchev–Trinajstić information content (AvgIpc) is 3.34. The van der Waals surface area contributed by atoms with Crippen molar-refractivity contribution >= 4 is 28.3 Å². The number of amides is 1. The van der Waals surface area contributed by atoms with Gasteiger partial charge in [-0.05, 0) is 51.3 Å². The number of esters is 1. The zero-order valence-corrected chi connectivity index (χ0v) is 21.1. The molecule has 1 aliphatic heterocycles. The molecule has 1 amide bonds. The Morgan fingerprint density at radius 2 is 1.82 bits per heavy atom. The number of nitrogens with zero attached hydrogens (tertiary/aromatic N) is 3. The largest absolute Gasteiger partial charge is 0.449 e. The van der Waals surface area contributed by atoms with Crippen LogP contribution in [0.15, 0.2) is 35.8 Å². The second-order valence-corrected chi connectivity index (χ2v) is 10.4. The molecule has 0 spiro atoms. The van der Waals surface area contributed by atoms with Gasteiger partial charge in [0.2, 0.25) is 0 Å². The molecule has 3 atom stereocenters. The minimum Gasteiger partial charge on any atom is -0.449 e. The molecule has 1 saturated heterocycles. The number of rotatable bonds is 7. The Hall–Kier alpha value is -2.29. The minimum atomic E-state index is -0.880. The molecule has 7 nitrogen and oxygen atoms in total. The number of aromatic nitrogens is 1.